The van der Waals surface area contributed by atoms with Crippen LogP contribution in [0.3, 0.4) is 0 Å². The molecule has 0 unspecified atom stereocenters. The lowest BCUT2D eigenvalue weighted by Crippen LogP contribution is -2.47. The monoisotopic (exact) mass is 272 g/mol. The van der Waals surface area contributed by atoms with E-state index in [2.05, 4.69) is 20.4 Å². The molecule has 6 nitrogen and oxygen atoms in total. The Labute approximate surface area is 117 Å². The number of rotatable bonds is 5. The molecule has 0 aromatic carbocycles. The van der Waals surface area contributed by atoms with E-state index in [1.54, 1.807) is 0 Å². The molecule has 0 saturated heterocycles. The van der Waals surface area contributed by atoms with Gasteiger partial charge in [0.15, 0.2) is 0 Å². The molecule has 2 heterocycles. The Kier molecular flexibility index (Phi) is 2.52. The SMILES string of the molecule is NCC(N)(c1[nH]ncc1C1CC1)c1[nH]ncc1C1CC1. The largest absolute Gasteiger partial charge is 0.328 e. The molecular formula is C14H20N6. The van der Waals surface area contributed by atoms with Crippen LogP contribution in [0.2, 0.25) is 0 Å². The third-order valence-corrected chi connectivity index (χ3v) is 4.59. The number of hydrogen-bond acceptors (Lipinski definition) is 4. The second-order valence-corrected chi connectivity index (χ2v) is 6.12. The first-order valence-electron chi connectivity index (χ1n) is 7.30. The smallest absolute Gasteiger partial charge is 0.113 e. The lowest BCUT2D eigenvalue weighted by atomic mass is 9.86. The topological polar surface area (TPSA) is 109 Å². The summed E-state index contributed by atoms with van der Waals surface area (Å²) < 4.78 is 0. The van der Waals surface area contributed by atoms with Crippen LogP contribution in [0.15, 0.2) is 12.4 Å². The van der Waals surface area contributed by atoms with Gasteiger partial charge in [0, 0.05) is 6.54 Å². The van der Waals surface area contributed by atoms with Crippen LogP contribution in [0, 0.1) is 0 Å². The Balaban J connectivity index is 1.81. The summed E-state index contributed by atoms with van der Waals surface area (Å²) in [5.41, 5.74) is 16.3. The molecule has 0 amide bonds. The number of nitrogens with two attached hydrogens (primary N) is 2. The van der Waals surface area contributed by atoms with Crippen molar-refractivity contribution in [3.05, 3.63) is 34.9 Å². The summed E-state index contributed by atoms with van der Waals surface area (Å²) in [6, 6.07) is 0. The zero-order valence-corrected chi connectivity index (χ0v) is 11.4. The minimum absolute atomic E-state index is 0.330. The molecule has 6 N–H and O–H groups in total. The maximum absolute atomic E-state index is 6.69. The molecule has 6 heteroatoms. The lowest BCUT2D eigenvalue weighted by molar-refractivity contribution is 0.505. The Morgan fingerprint density at radius 2 is 1.45 bits per heavy atom. The van der Waals surface area contributed by atoms with Crippen molar-refractivity contribution in [2.24, 2.45) is 11.5 Å². The Morgan fingerprint density at radius 3 is 1.80 bits per heavy atom. The molecular weight excluding hydrogens is 252 g/mol. The molecule has 2 aromatic rings. The molecule has 0 bridgehead atoms. The minimum Gasteiger partial charge on any atom is -0.328 e. The number of H-pyrrole nitrogens is 2. The van der Waals surface area contributed by atoms with Crippen molar-refractivity contribution in [2.45, 2.75) is 43.1 Å². The normalized spacial score (nSPS) is 19.5. The van der Waals surface area contributed by atoms with Crippen LogP contribution in [0.1, 0.15) is 60.0 Å². The highest BCUT2D eigenvalue weighted by molar-refractivity contribution is 5.42. The molecule has 2 aliphatic carbocycles. The minimum atomic E-state index is -0.747. The van der Waals surface area contributed by atoms with Crippen LogP contribution >= 0.6 is 0 Å². The van der Waals surface area contributed by atoms with Crippen LogP contribution in [0.25, 0.3) is 0 Å². The summed E-state index contributed by atoms with van der Waals surface area (Å²) in [6.07, 6.45) is 8.66. The highest BCUT2D eigenvalue weighted by atomic mass is 15.2. The van der Waals surface area contributed by atoms with Gasteiger partial charge in [-0.1, -0.05) is 0 Å². The fraction of sp³-hybridized carbons (Fsp3) is 0.571. The van der Waals surface area contributed by atoms with Gasteiger partial charge in [-0.2, -0.15) is 10.2 Å². The van der Waals surface area contributed by atoms with E-state index in [1.807, 2.05) is 12.4 Å². The quantitative estimate of drug-likeness (QED) is 0.652. The number of nitrogens with zero attached hydrogens (tertiary/aromatic N) is 2. The zero-order chi connectivity index (χ0) is 13.7. The van der Waals surface area contributed by atoms with Crippen molar-refractivity contribution in [3.63, 3.8) is 0 Å². The third kappa shape index (κ3) is 1.72. The molecule has 106 valence electrons. The number of hydrogen-bond donors (Lipinski definition) is 4. The highest BCUT2D eigenvalue weighted by Crippen LogP contribution is 2.46. The third-order valence-electron chi connectivity index (χ3n) is 4.59. The molecule has 0 radical (unpaired) electrons. The summed E-state index contributed by atoms with van der Waals surface area (Å²) in [5.74, 6) is 1.18. The highest BCUT2D eigenvalue weighted by Gasteiger charge is 2.41. The maximum atomic E-state index is 6.69. The van der Waals surface area contributed by atoms with Crippen molar-refractivity contribution in [2.75, 3.05) is 6.54 Å². The summed E-state index contributed by atoms with van der Waals surface area (Å²) in [6.45, 7) is 0.330. The molecule has 2 fully saturated rings. The van der Waals surface area contributed by atoms with Gasteiger partial charge < -0.3 is 11.5 Å². The number of aromatic nitrogens is 4. The first-order valence-corrected chi connectivity index (χ1v) is 7.30. The van der Waals surface area contributed by atoms with Gasteiger partial charge in [0.05, 0.1) is 23.8 Å². The first-order chi connectivity index (χ1) is 9.74. The van der Waals surface area contributed by atoms with Gasteiger partial charge in [-0.15, -0.1) is 0 Å². The van der Waals surface area contributed by atoms with Gasteiger partial charge in [0.25, 0.3) is 0 Å². The lowest BCUT2D eigenvalue weighted by Gasteiger charge is -2.28. The Bertz CT molecular complexity index is 569. The second-order valence-electron chi connectivity index (χ2n) is 6.12. The first kappa shape index (κ1) is 12.1. The zero-order valence-electron chi connectivity index (χ0n) is 11.4. The van der Waals surface area contributed by atoms with Gasteiger partial charge in [-0.05, 0) is 48.6 Å². The van der Waals surface area contributed by atoms with Gasteiger partial charge in [-0.25, -0.2) is 0 Å². The summed E-state index contributed by atoms with van der Waals surface area (Å²) in [4.78, 5) is 0. The van der Waals surface area contributed by atoms with Gasteiger partial charge in [0.2, 0.25) is 0 Å². The summed E-state index contributed by atoms with van der Waals surface area (Å²) >= 11 is 0. The Hall–Kier alpha value is -1.66. The molecule has 0 atom stereocenters. The van der Waals surface area contributed by atoms with E-state index in [9.17, 15) is 0 Å². The van der Waals surface area contributed by atoms with Crippen LogP contribution in [-0.2, 0) is 5.54 Å². The molecule has 4 rings (SSSR count). The van der Waals surface area contributed by atoms with Crippen LogP contribution < -0.4 is 11.5 Å². The van der Waals surface area contributed by atoms with E-state index in [4.69, 9.17) is 11.5 Å². The molecule has 2 aromatic heterocycles. The van der Waals surface area contributed by atoms with Gasteiger partial charge >= 0.3 is 0 Å². The molecule has 0 spiro atoms. The molecule has 2 saturated carbocycles. The second kappa shape index (κ2) is 4.17. The van der Waals surface area contributed by atoms with E-state index in [-0.39, 0.29) is 0 Å². The van der Waals surface area contributed by atoms with Crippen LogP contribution in [-0.4, -0.2) is 26.9 Å². The molecule has 20 heavy (non-hydrogen) atoms. The number of aromatic amines is 2. The summed E-state index contributed by atoms with van der Waals surface area (Å²) in [5, 5.41) is 14.6. The standard InChI is InChI=1S/C14H20N6/c15-7-14(16,12-10(5-17-19-12)8-1-2-8)13-11(6-18-20-13)9-3-4-9/h5-6,8-9H,1-4,7,15-16H2,(H,17,19)(H,18,20). The van der Waals surface area contributed by atoms with Crippen molar-refractivity contribution < 1.29 is 0 Å². The fourth-order valence-corrected chi connectivity index (χ4v) is 3.04. The van der Waals surface area contributed by atoms with E-state index < -0.39 is 5.54 Å². The predicted molar refractivity (Wildman–Crippen MR) is 75.1 cm³/mol. The van der Waals surface area contributed by atoms with E-state index in [0.717, 1.165) is 11.4 Å². The van der Waals surface area contributed by atoms with Gasteiger partial charge in [0.1, 0.15) is 5.54 Å². The van der Waals surface area contributed by atoms with E-state index in [0.29, 0.717) is 18.4 Å². The maximum Gasteiger partial charge on any atom is 0.113 e. The van der Waals surface area contributed by atoms with Gasteiger partial charge in [-0.3, -0.25) is 10.2 Å². The van der Waals surface area contributed by atoms with Crippen molar-refractivity contribution in [1.29, 1.82) is 0 Å². The summed E-state index contributed by atoms with van der Waals surface area (Å²) in [7, 11) is 0. The van der Waals surface area contributed by atoms with Crippen LogP contribution in [0.5, 0.6) is 0 Å². The van der Waals surface area contributed by atoms with Crippen molar-refractivity contribution >= 4 is 0 Å². The molecule has 2 aliphatic rings. The van der Waals surface area contributed by atoms with E-state index in [1.165, 1.54) is 36.8 Å². The van der Waals surface area contributed by atoms with Crippen LogP contribution in [0.4, 0.5) is 0 Å². The fourth-order valence-electron chi connectivity index (χ4n) is 3.04. The molecule has 0 aliphatic heterocycles. The van der Waals surface area contributed by atoms with E-state index >= 15 is 0 Å². The number of nitrogens with one attached hydrogen (secondary N) is 2. The predicted octanol–water partition coefficient (Wildman–Crippen LogP) is 1.05. The Morgan fingerprint density at radius 1 is 1.00 bits per heavy atom. The average molecular weight is 272 g/mol. The van der Waals surface area contributed by atoms with Crippen molar-refractivity contribution in [3.8, 4) is 0 Å². The average Bonchev–Trinajstić information content (AvgIpc) is 3.40. The van der Waals surface area contributed by atoms with Crippen molar-refractivity contribution in [1.82, 2.24) is 20.4 Å².